The number of aryl methyl sites for hydroxylation is 1. The molecule has 1 atom stereocenters. The standard InChI is InChI=1S/C14H16BrN3/c1-10-6-7-17-13(8-10)14(18-16)9-11-4-2-3-5-12(11)15/h2-8,14,18H,9,16H2,1H3. The van der Waals surface area contributed by atoms with Gasteiger partial charge in [-0.05, 0) is 42.7 Å². The Hall–Kier alpha value is -1.23. The van der Waals surface area contributed by atoms with Crippen LogP contribution in [0, 0.1) is 6.92 Å². The molecule has 0 aliphatic heterocycles. The topological polar surface area (TPSA) is 50.9 Å². The van der Waals surface area contributed by atoms with Crippen molar-refractivity contribution in [2.45, 2.75) is 19.4 Å². The van der Waals surface area contributed by atoms with Crippen LogP contribution in [0.25, 0.3) is 0 Å². The highest BCUT2D eigenvalue weighted by molar-refractivity contribution is 9.10. The Morgan fingerprint density at radius 2 is 2.11 bits per heavy atom. The molecule has 0 saturated heterocycles. The second kappa shape index (κ2) is 6.09. The average Bonchev–Trinajstić information content (AvgIpc) is 2.38. The van der Waals surface area contributed by atoms with Gasteiger partial charge in [0.2, 0.25) is 0 Å². The quantitative estimate of drug-likeness (QED) is 0.674. The summed E-state index contributed by atoms with van der Waals surface area (Å²) in [6.45, 7) is 2.05. The average molecular weight is 306 g/mol. The molecule has 94 valence electrons. The number of hydrogen-bond donors (Lipinski definition) is 2. The van der Waals surface area contributed by atoms with Gasteiger partial charge in [0.1, 0.15) is 0 Å². The van der Waals surface area contributed by atoms with Crippen molar-refractivity contribution in [3.8, 4) is 0 Å². The molecule has 4 heteroatoms. The third kappa shape index (κ3) is 3.16. The molecule has 2 aromatic rings. The zero-order chi connectivity index (χ0) is 13.0. The first-order chi connectivity index (χ1) is 8.70. The van der Waals surface area contributed by atoms with Crippen LogP contribution >= 0.6 is 15.9 Å². The second-order valence-corrected chi connectivity index (χ2v) is 5.13. The summed E-state index contributed by atoms with van der Waals surface area (Å²) < 4.78 is 1.10. The number of aromatic nitrogens is 1. The van der Waals surface area contributed by atoms with Crippen LogP contribution in [0.4, 0.5) is 0 Å². The van der Waals surface area contributed by atoms with Crippen molar-refractivity contribution >= 4 is 15.9 Å². The Balaban J connectivity index is 2.23. The van der Waals surface area contributed by atoms with E-state index in [0.29, 0.717) is 0 Å². The van der Waals surface area contributed by atoms with E-state index in [0.717, 1.165) is 16.6 Å². The maximum Gasteiger partial charge on any atom is 0.0672 e. The number of nitrogens with two attached hydrogens (primary N) is 1. The third-order valence-corrected chi connectivity index (χ3v) is 3.65. The van der Waals surface area contributed by atoms with Gasteiger partial charge in [0, 0.05) is 10.7 Å². The van der Waals surface area contributed by atoms with E-state index in [9.17, 15) is 0 Å². The molecule has 0 saturated carbocycles. The maximum atomic E-state index is 5.65. The molecule has 2 rings (SSSR count). The number of pyridine rings is 1. The zero-order valence-electron chi connectivity index (χ0n) is 10.2. The van der Waals surface area contributed by atoms with E-state index in [-0.39, 0.29) is 6.04 Å². The van der Waals surface area contributed by atoms with Gasteiger partial charge >= 0.3 is 0 Å². The fourth-order valence-electron chi connectivity index (χ4n) is 1.88. The summed E-state index contributed by atoms with van der Waals surface area (Å²) in [6, 6.07) is 12.2. The summed E-state index contributed by atoms with van der Waals surface area (Å²) in [7, 11) is 0. The molecule has 3 N–H and O–H groups in total. The molecule has 1 heterocycles. The monoisotopic (exact) mass is 305 g/mol. The van der Waals surface area contributed by atoms with Gasteiger partial charge in [-0.25, -0.2) is 0 Å². The van der Waals surface area contributed by atoms with Crippen LogP contribution in [-0.4, -0.2) is 4.98 Å². The lowest BCUT2D eigenvalue weighted by molar-refractivity contribution is 0.537. The van der Waals surface area contributed by atoms with Crippen LogP contribution in [0.2, 0.25) is 0 Å². The first-order valence-electron chi connectivity index (χ1n) is 5.83. The summed E-state index contributed by atoms with van der Waals surface area (Å²) in [5.74, 6) is 5.65. The lowest BCUT2D eigenvalue weighted by Crippen LogP contribution is -2.30. The molecule has 0 radical (unpaired) electrons. The normalized spacial score (nSPS) is 12.4. The summed E-state index contributed by atoms with van der Waals surface area (Å²) in [5, 5.41) is 0. The van der Waals surface area contributed by atoms with E-state index in [1.54, 1.807) is 0 Å². The van der Waals surface area contributed by atoms with Crippen molar-refractivity contribution in [2.75, 3.05) is 0 Å². The number of benzene rings is 1. The van der Waals surface area contributed by atoms with E-state index in [2.05, 4.69) is 45.4 Å². The van der Waals surface area contributed by atoms with Crippen molar-refractivity contribution < 1.29 is 0 Å². The Labute approximate surface area is 116 Å². The fourth-order valence-corrected chi connectivity index (χ4v) is 2.33. The predicted molar refractivity (Wildman–Crippen MR) is 76.9 cm³/mol. The first-order valence-corrected chi connectivity index (χ1v) is 6.62. The molecule has 1 aromatic carbocycles. The number of halogens is 1. The van der Waals surface area contributed by atoms with Crippen molar-refractivity contribution in [3.63, 3.8) is 0 Å². The molecule has 0 aliphatic carbocycles. The number of nitrogens with zero attached hydrogens (tertiary/aromatic N) is 1. The van der Waals surface area contributed by atoms with Gasteiger partial charge in [0.25, 0.3) is 0 Å². The molecule has 1 aromatic heterocycles. The van der Waals surface area contributed by atoms with Crippen LogP contribution in [0.1, 0.15) is 22.9 Å². The van der Waals surface area contributed by atoms with Gasteiger partial charge in [-0.1, -0.05) is 34.1 Å². The van der Waals surface area contributed by atoms with E-state index in [1.165, 1.54) is 11.1 Å². The van der Waals surface area contributed by atoms with Gasteiger partial charge in [0.15, 0.2) is 0 Å². The molecular formula is C14H16BrN3. The third-order valence-electron chi connectivity index (χ3n) is 2.88. The Kier molecular flexibility index (Phi) is 4.47. The molecule has 0 spiro atoms. The van der Waals surface area contributed by atoms with Gasteiger partial charge < -0.3 is 0 Å². The van der Waals surface area contributed by atoms with Gasteiger partial charge in [-0.2, -0.15) is 0 Å². The molecule has 3 nitrogen and oxygen atoms in total. The van der Waals surface area contributed by atoms with Gasteiger partial charge in [-0.15, -0.1) is 0 Å². The van der Waals surface area contributed by atoms with Crippen LogP contribution in [0.5, 0.6) is 0 Å². The van der Waals surface area contributed by atoms with Crippen LogP contribution in [0.15, 0.2) is 47.1 Å². The highest BCUT2D eigenvalue weighted by atomic mass is 79.9. The Morgan fingerprint density at radius 1 is 1.33 bits per heavy atom. The maximum absolute atomic E-state index is 5.65. The SMILES string of the molecule is Cc1ccnc(C(Cc2ccccc2Br)NN)c1. The molecule has 18 heavy (non-hydrogen) atoms. The first kappa shape index (κ1) is 13.2. The smallest absolute Gasteiger partial charge is 0.0672 e. The summed E-state index contributed by atoms with van der Waals surface area (Å²) in [4.78, 5) is 4.38. The lowest BCUT2D eigenvalue weighted by atomic mass is 10.0. The minimum Gasteiger partial charge on any atom is -0.271 e. The molecule has 0 amide bonds. The molecule has 0 bridgehead atoms. The van der Waals surface area contributed by atoms with E-state index in [4.69, 9.17) is 5.84 Å². The summed E-state index contributed by atoms with van der Waals surface area (Å²) >= 11 is 3.55. The van der Waals surface area contributed by atoms with Crippen molar-refractivity contribution in [1.29, 1.82) is 0 Å². The number of nitrogens with one attached hydrogen (secondary N) is 1. The van der Waals surface area contributed by atoms with Crippen LogP contribution in [-0.2, 0) is 6.42 Å². The summed E-state index contributed by atoms with van der Waals surface area (Å²) in [6.07, 6.45) is 2.61. The van der Waals surface area contributed by atoms with Crippen LogP contribution in [0.3, 0.4) is 0 Å². The highest BCUT2D eigenvalue weighted by Gasteiger charge is 2.13. The lowest BCUT2D eigenvalue weighted by Gasteiger charge is -2.16. The van der Waals surface area contributed by atoms with E-state index < -0.39 is 0 Å². The van der Waals surface area contributed by atoms with Gasteiger partial charge in [-0.3, -0.25) is 16.3 Å². The number of hydrazine groups is 1. The fraction of sp³-hybridized carbons (Fsp3) is 0.214. The van der Waals surface area contributed by atoms with Crippen LogP contribution < -0.4 is 11.3 Å². The van der Waals surface area contributed by atoms with Crippen molar-refractivity contribution in [3.05, 3.63) is 63.9 Å². The minimum atomic E-state index is 0.0172. The zero-order valence-corrected chi connectivity index (χ0v) is 11.8. The molecule has 0 fully saturated rings. The van der Waals surface area contributed by atoms with Crippen molar-refractivity contribution in [1.82, 2.24) is 10.4 Å². The van der Waals surface area contributed by atoms with Gasteiger partial charge in [0.05, 0.1) is 11.7 Å². The van der Waals surface area contributed by atoms with E-state index in [1.807, 2.05) is 30.5 Å². The molecular weight excluding hydrogens is 290 g/mol. The number of rotatable bonds is 4. The predicted octanol–water partition coefficient (Wildman–Crippen LogP) is 2.90. The largest absolute Gasteiger partial charge is 0.271 e. The Bertz CT molecular complexity index is 528. The molecule has 0 aliphatic rings. The van der Waals surface area contributed by atoms with E-state index >= 15 is 0 Å². The van der Waals surface area contributed by atoms with Crippen molar-refractivity contribution in [2.24, 2.45) is 5.84 Å². The minimum absolute atomic E-state index is 0.0172. The molecule has 1 unspecified atom stereocenters. The summed E-state index contributed by atoms with van der Waals surface area (Å²) in [5.41, 5.74) is 6.20. The Morgan fingerprint density at radius 3 is 2.78 bits per heavy atom. The number of hydrogen-bond acceptors (Lipinski definition) is 3. The second-order valence-electron chi connectivity index (χ2n) is 4.27. The highest BCUT2D eigenvalue weighted by Crippen LogP contribution is 2.22.